The minimum atomic E-state index is -0.825. The molecule has 4 heterocycles. The number of anilines is 2. The number of nitrogens with zero attached hydrogens (tertiary/aromatic N) is 3. The van der Waals surface area contributed by atoms with Crippen molar-refractivity contribution in [3.8, 4) is 0 Å². The maximum absolute atomic E-state index is 14.9. The molecule has 1 saturated heterocycles. The molecular weight excluding hydrogens is 429 g/mol. The number of rotatable bonds is 3. The highest BCUT2D eigenvalue weighted by Gasteiger charge is 2.29. The van der Waals surface area contributed by atoms with E-state index in [-0.39, 0.29) is 11.2 Å². The predicted octanol–water partition coefficient (Wildman–Crippen LogP) is 6.26. The summed E-state index contributed by atoms with van der Waals surface area (Å²) in [7, 11) is 2.11. The number of nitrogens with one attached hydrogen (secondary N) is 1. The molecule has 1 aliphatic rings. The zero-order valence-corrected chi connectivity index (χ0v) is 18.0. The lowest BCUT2D eigenvalue weighted by atomic mass is 9.89. The van der Waals surface area contributed by atoms with Gasteiger partial charge in [-0.15, -0.1) is 22.7 Å². The average molecular weight is 449 g/mol. The summed E-state index contributed by atoms with van der Waals surface area (Å²) in [6, 6.07) is 3.48. The first kappa shape index (κ1) is 19.7. The Morgan fingerprint density at radius 2 is 1.97 bits per heavy atom. The van der Waals surface area contributed by atoms with Crippen LogP contribution in [0.25, 0.3) is 20.4 Å². The van der Waals surface area contributed by atoms with Crippen LogP contribution < -0.4 is 5.32 Å². The number of fused-ring (bicyclic) bond motifs is 2. The molecule has 0 saturated carbocycles. The molecule has 0 amide bonds. The molecule has 3 aromatic heterocycles. The number of pyridine rings is 1. The first-order valence-electron chi connectivity index (χ1n) is 9.70. The normalized spacial score (nSPS) is 20.3. The van der Waals surface area contributed by atoms with Gasteiger partial charge in [-0.3, -0.25) is 0 Å². The number of likely N-dealkylation sites (tertiary alicyclic amines) is 1. The van der Waals surface area contributed by atoms with Crippen LogP contribution in [0.15, 0.2) is 23.8 Å². The molecule has 4 nitrogen and oxygen atoms in total. The largest absolute Gasteiger partial charge is 0.348 e. The Kier molecular flexibility index (Phi) is 4.91. The smallest absolute Gasteiger partial charge is 0.176 e. The second-order valence-electron chi connectivity index (χ2n) is 7.69. The summed E-state index contributed by atoms with van der Waals surface area (Å²) in [6.07, 6.45) is 3.24. The molecule has 1 fully saturated rings. The monoisotopic (exact) mass is 448 g/mol. The number of aromatic nitrogens is 2. The molecule has 9 heteroatoms. The third-order valence-electron chi connectivity index (χ3n) is 5.97. The van der Waals surface area contributed by atoms with Gasteiger partial charge in [0.1, 0.15) is 16.0 Å². The van der Waals surface area contributed by atoms with E-state index in [2.05, 4.69) is 34.2 Å². The van der Waals surface area contributed by atoms with Crippen molar-refractivity contribution in [3.05, 3.63) is 46.2 Å². The van der Waals surface area contributed by atoms with Gasteiger partial charge in [0.25, 0.3) is 0 Å². The van der Waals surface area contributed by atoms with Gasteiger partial charge in [-0.2, -0.15) is 0 Å². The molecular formula is C21H19F3N4S2. The Balaban J connectivity index is 1.60. The van der Waals surface area contributed by atoms with Crippen LogP contribution in [0.3, 0.4) is 0 Å². The highest BCUT2D eigenvalue weighted by atomic mass is 32.1. The average Bonchev–Trinajstić information content (AvgIpc) is 3.35. The van der Waals surface area contributed by atoms with Crippen LogP contribution >= 0.6 is 22.7 Å². The minimum Gasteiger partial charge on any atom is -0.348 e. The van der Waals surface area contributed by atoms with E-state index < -0.39 is 23.1 Å². The fourth-order valence-corrected chi connectivity index (χ4v) is 6.10. The third kappa shape index (κ3) is 3.16. The topological polar surface area (TPSA) is 41.1 Å². The lowest BCUT2D eigenvalue weighted by Gasteiger charge is -2.36. The van der Waals surface area contributed by atoms with Crippen molar-refractivity contribution in [2.24, 2.45) is 0 Å². The zero-order chi connectivity index (χ0) is 21.0. The van der Waals surface area contributed by atoms with Crippen LogP contribution in [-0.4, -0.2) is 34.5 Å². The minimum absolute atomic E-state index is 0.0340. The van der Waals surface area contributed by atoms with Crippen LogP contribution in [-0.2, 0) is 0 Å². The fraction of sp³-hybridized carbons (Fsp3) is 0.333. The Morgan fingerprint density at radius 3 is 2.80 bits per heavy atom. The van der Waals surface area contributed by atoms with Gasteiger partial charge < -0.3 is 10.2 Å². The van der Waals surface area contributed by atoms with E-state index in [0.717, 1.165) is 41.8 Å². The molecule has 0 radical (unpaired) electrons. The lowest BCUT2D eigenvalue weighted by molar-refractivity contribution is 0.176. The van der Waals surface area contributed by atoms with Crippen LogP contribution in [0.1, 0.15) is 30.6 Å². The van der Waals surface area contributed by atoms with Crippen molar-refractivity contribution in [3.63, 3.8) is 0 Å². The van der Waals surface area contributed by atoms with Gasteiger partial charge in [-0.1, -0.05) is 0 Å². The van der Waals surface area contributed by atoms with Crippen molar-refractivity contribution in [2.75, 3.05) is 18.9 Å². The fourth-order valence-electron chi connectivity index (χ4n) is 4.16. The van der Waals surface area contributed by atoms with E-state index in [4.69, 9.17) is 0 Å². The third-order valence-corrected chi connectivity index (χ3v) is 7.92. The van der Waals surface area contributed by atoms with Gasteiger partial charge in [0.05, 0.1) is 22.1 Å². The Labute approximate surface area is 179 Å². The van der Waals surface area contributed by atoms with Gasteiger partial charge in [0.2, 0.25) is 0 Å². The van der Waals surface area contributed by atoms with Crippen molar-refractivity contribution in [1.82, 2.24) is 14.9 Å². The summed E-state index contributed by atoms with van der Waals surface area (Å²) in [6.45, 7) is 3.25. The second-order valence-corrected chi connectivity index (χ2v) is 9.64. The molecule has 0 bridgehead atoms. The summed E-state index contributed by atoms with van der Waals surface area (Å²) in [5.41, 5.74) is 1.15. The Bertz CT molecular complexity index is 1250. The maximum Gasteiger partial charge on any atom is 0.176 e. The van der Waals surface area contributed by atoms with Crippen molar-refractivity contribution in [1.29, 1.82) is 0 Å². The number of thiophene rings is 1. The van der Waals surface area contributed by atoms with E-state index in [1.165, 1.54) is 22.9 Å². The zero-order valence-electron chi connectivity index (χ0n) is 16.4. The van der Waals surface area contributed by atoms with Crippen molar-refractivity contribution >= 4 is 54.5 Å². The van der Waals surface area contributed by atoms with Crippen LogP contribution in [0.4, 0.5) is 24.5 Å². The SMILES string of the molecule is C[C@@H]1[C@@H](c2cc3c(Nc4c(F)cc5scnc5c4F)c(F)cnc3s2)CCCN1C. The van der Waals surface area contributed by atoms with Crippen molar-refractivity contribution < 1.29 is 13.2 Å². The van der Waals surface area contributed by atoms with Gasteiger partial charge in [-0.25, -0.2) is 23.1 Å². The molecule has 1 aromatic carbocycles. The second kappa shape index (κ2) is 7.47. The van der Waals surface area contributed by atoms with Gasteiger partial charge in [0, 0.05) is 22.2 Å². The van der Waals surface area contributed by atoms with Gasteiger partial charge in [0.15, 0.2) is 17.5 Å². The van der Waals surface area contributed by atoms with Crippen LogP contribution in [0.2, 0.25) is 0 Å². The molecule has 1 N–H and O–H groups in total. The molecule has 5 rings (SSSR count). The molecule has 0 spiro atoms. The summed E-state index contributed by atoms with van der Waals surface area (Å²) >= 11 is 2.66. The number of benzene rings is 1. The number of halogens is 3. The van der Waals surface area contributed by atoms with E-state index in [0.29, 0.717) is 26.9 Å². The summed E-state index contributed by atoms with van der Waals surface area (Å²) < 4.78 is 44.6. The summed E-state index contributed by atoms with van der Waals surface area (Å²) in [5, 5.41) is 3.20. The highest BCUT2D eigenvalue weighted by molar-refractivity contribution is 7.18. The van der Waals surface area contributed by atoms with Crippen molar-refractivity contribution in [2.45, 2.75) is 31.7 Å². The molecule has 1 aliphatic heterocycles. The molecule has 156 valence electrons. The quantitative estimate of drug-likeness (QED) is 0.401. The van der Waals surface area contributed by atoms with E-state index in [1.54, 1.807) is 0 Å². The maximum atomic E-state index is 14.9. The first-order valence-corrected chi connectivity index (χ1v) is 11.4. The molecule has 0 unspecified atom stereocenters. The Morgan fingerprint density at radius 1 is 1.13 bits per heavy atom. The molecule has 30 heavy (non-hydrogen) atoms. The number of hydrogen-bond donors (Lipinski definition) is 1. The number of thiazole rings is 1. The molecule has 4 aromatic rings. The van der Waals surface area contributed by atoms with Crippen LogP contribution in [0, 0.1) is 17.5 Å². The van der Waals surface area contributed by atoms with E-state index in [9.17, 15) is 13.2 Å². The molecule has 2 atom stereocenters. The summed E-state index contributed by atoms with van der Waals surface area (Å²) in [4.78, 5) is 12.3. The standard InChI is InChI=1S/C21H19F3N4S2/c1-10-11(4-3-5-28(10)2)15-6-12-18(14(23)8-25-21(12)30-15)27-19-13(22)7-16-20(17(19)24)26-9-29-16/h6-11H,3-5H2,1-2H3,(H,25,27)/t10-,11+/m1/s1. The highest BCUT2D eigenvalue weighted by Crippen LogP contribution is 2.41. The predicted molar refractivity (Wildman–Crippen MR) is 116 cm³/mol. The lowest BCUT2D eigenvalue weighted by Crippen LogP contribution is -2.38. The van der Waals surface area contributed by atoms with Gasteiger partial charge in [-0.05, 0) is 45.5 Å². The number of hydrogen-bond acceptors (Lipinski definition) is 6. The number of piperidine rings is 1. The van der Waals surface area contributed by atoms with E-state index >= 15 is 0 Å². The van der Waals surface area contributed by atoms with E-state index in [1.807, 2.05) is 6.07 Å². The van der Waals surface area contributed by atoms with Crippen LogP contribution in [0.5, 0.6) is 0 Å². The first-order chi connectivity index (χ1) is 14.4. The summed E-state index contributed by atoms with van der Waals surface area (Å²) in [5.74, 6) is -1.95. The molecule has 0 aliphatic carbocycles. The number of likely N-dealkylation sites (N-methyl/N-ethyl adjacent to an activating group) is 1. The Hall–Kier alpha value is -2.23. The van der Waals surface area contributed by atoms with Gasteiger partial charge >= 0.3 is 0 Å².